The fourth-order valence-electron chi connectivity index (χ4n) is 0.996. The smallest absolute Gasteiger partial charge is 0.428 e. The van der Waals surface area contributed by atoms with Crippen molar-refractivity contribution < 1.29 is 14.3 Å². The van der Waals surface area contributed by atoms with Crippen LogP contribution in [0.25, 0.3) is 0 Å². The number of benzene rings is 1. The molecule has 0 aromatic heterocycles. The van der Waals surface area contributed by atoms with Crippen molar-refractivity contribution in [2.45, 2.75) is 26.4 Å². The molecule has 0 atom stereocenters. The second kappa shape index (κ2) is 4.67. The van der Waals surface area contributed by atoms with Crippen LogP contribution in [0.2, 0.25) is 0 Å². The summed E-state index contributed by atoms with van der Waals surface area (Å²) in [4.78, 5) is 11.3. The van der Waals surface area contributed by atoms with Gasteiger partial charge in [0.05, 0.1) is 11.6 Å². The van der Waals surface area contributed by atoms with Gasteiger partial charge in [0.2, 0.25) is 0 Å². The van der Waals surface area contributed by atoms with Crippen LogP contribution >= 0.6 is 0 Å². The summed E-state index contributed by atoms with van der Waals surface area (Å²) in [5.74, 6) is 0.299. The number of carbonyl (C=O) groups is 1. The average Bonchev–Trinajstić information content (AvgIpc) is 2.15. The minimum Gasteiger partial charge on any atom is -0.428 e. The van der Waals surface area contributed by atoms with Gasteiger partial charge in [0.25, 0.3) is 0 Å². The highest BCUT2D eigenvalue weighted by Gasteiger charge is 2.17. The van der Waals surface area contributed by atoms with Crippen LogP contribution in [-0.4, -0.2) is 11.8 Å². The van der Waals surface area contributed by atoms with Crippen molar-refractivity contribution in [3.05, 3.63) is 29.8 Å². The number of carbonyl (C=O) groups excluding carboxylic acids is 1. The first-order valence-corrected chi connectivity index (χ1v) is 4.82. The van der Waals surface area contributed by atoms with Crippen LogP contribution in [0, 0.1) is 11.3 Å². The van der Waals surface area contributed by atoms with Crippen molar-refractivity contribution in [2.24, 2.45) is 0 Å². The molecule has 0 unspecified atom stereocenters. The summed E-state index contributed by atoms with van der Waals surface area (Å²) >= 11 is 0. The summed E-state index contributed by atoms with van der Waals surface area (Å²) in [6, 6.07) is 8.28. The van der Waals surface area contributed by atoms with Crippen LogP contribution < -0.4 is 4.74 Å². The Kier molecular flexibility index (Phi) is 3.51. The number of nitriles is 1. The van der Waals surface area contributed by atoms with Gasteiger partial charge in [-0.2, -0.15) is 5.26 Å². The molecule has 0 aliphatic heterocycles. The molecule has 0 saturated carbocycles. The lowest BCUT2D eigenvalue weighted by atomic mass is 10.2. The quantitative estimate of drug-likeness (QED) is 0.538. The average molecular weight is 219 g/mol. The minimum atomic E-state index is -0.775. The van der Waals surface area contributed by atoms with E-state index >= 15 is 0 Å². The third-order valence-corrected chi connectivity index (χ3v) is 1.55. The maximum atomic E-state index is 11.3. The molecule has 4 nitrogen and oxygen atoms in total. The summed E-state index contributed by atoms with van der Waals surface area (Å²) in [6.07, 6.45) is -0.775. The van der Waals surface area contributed by atoms with Crippen molar-refractivity contribution in [2.75, 3.05) is 0 Å². The second-order valence-corrected chi connectivity index (χ2v) is 4.21. The van der Waals surface area contributed by atoms with Gasteiger partial charge < -0.3 is 9.47 Å². The van der Waals surface area contributed by atoms with E-state index in [-0.39, 0.29) is 0 Å². The van der Waals surface area contributed by atoms with Crippen molar-refractivity contribution in [1.29, 1.82) is 5.26 Å². The van der Waals surface area contributed by atoms with Crippen molar-refractivity contribution >= 4 is 6.16 Å². The Morgan fingerprint density at radius 3 is 2.62 bits per heavy atom. The molecule has 0 aliphatic rings. The third kappa shape index (κ3) is 4.01. The number of hydrogen-bond donors (Lipinski definition) is 0. The van der Waals surface area contributed by atoms with Gasteiger partial charge in [-0.25, -0.2) is 4.79 Å². The van der Waals surface area contributed by atoms with Crippen LogP contribution in [0.5, 0.6) is 5.75 Å². The SMILES string of the molecule is CC(C)(C)OC(=O)Oc1cccc(C#N)c1. The van der Waals surface area contributed by atoms with Gasteiger partial charge in [-0.15, -0.1) is 0 Å². The largest absolute Gasteiger partial charge is 0.514 e. The lowest BCUT2D eigenvalue weighted by Crippen LogP contribution is -2.25. The molecule has 0 amide bonds. The van der Waals surface area contributed by atoms with Gasteiger partial charge in [0.1, 0.15) is 11.4 Å². The molecule has 0 radical (unpaired) electrons. The Hall–Kier alpha value is -2.02. The summed E-state index contributed by atoms with van der Waals surface area (Å²) in [5, 5.41) is 8.66. The number of nitrogens with zero attached hydrogens (tertiary/aromatic N) is 1. The monoisotopic (exact) mass is 219 g/mol. The van der Waals surface area contributed by atoms with Crippen LogP contribution in [0.15, 0.2) is 24.3 Å². The zero-order valence-electron chi connectivity index (χ0n) is 9.48. The fourth-order valence-corrected chi connectivity index (χ4v) is 0.996. The normalized spacial score (nSPS) is 10.4. The third-order valence-electron chi connectivity index (χ3n) is 1.55. The molecule has 16 heavy (non-hydrogen) atoms. The van der Waals surface area contributed by atoms with Gasteiger partial charge in [-0.1, -0.05) is 6.07 Å². The molecule has 0 saturated heterocycles. The van der Waals surface area contributed by atoms with Gasteiger partial charge in [0, 0.05) is 0 Å². The van der Waals surface area contributed by atoms with E-state index in [1.54, 1.807) is 39.0 Å². The van der Waals surface area contributed by atoms with Gasteiger partial charge in [-0.3, -0.25) is 0 Å². The Bertz CT molecular complexity index is 427. The molecule has 84 valence electrons. The highest BCUT2D eigenvalue weighted by Crippen LogP contribution is 2.15. The topological polar surface area (TPSA) is 59.3 Å². The molecule has 0 aliphatic carbocycles. The van der Waals surface area contributed by atoms with E-state index < -0.39 is 11.8 Å². The zero-order chi connectivity index (χ0) is 12.2. The Morgan fingerprint density at radius 1 is 1.38 bits per heavy atom. The molecule has 0 spiro atoms. The summed E-state index contributed by atoms with van der Waals surface area (Å²) < 4.78 is 9.89. The maximum absolute atomic E-state index is 11.3. The van der Waals surface area contributed by atoms with Crippen molar-refractivity contribution in [1.82, 2.24) is 0 Å². The fraction of sp³-hybridized carbons (Fsp3) is 0.333. The Labute approximate surface area is 94.4 Å². The molecule has 0 fully saturated rings. The van der Waals surface area contributed by atoms with E-state index in [1.807, 2.05) is 6.07 Å². The standard InChI is InChI=1S/C12H13NO3/c1-12(2,3)16-11(14)15-10-6-4-5-9(7-10)8-13/h4-7H,1-3H3. The predicted octanol–water partition coefficient (Wildman–Crippen LogP) is 2.87. The van der Waals surface area contributed by atoms with Gasteiger partial charge in [0.15, 0.2) is 0 Å². The molecular formula is C12H13NO3. The van der Waals surface area contributed by atoms with Crippen LogP contribution in [0.3, 0.4) is 0 Å². The first-order valence-electron chi connectivity index (χ1n) is 4.82. The number of hydrogen-bond acceptors (Lipinski definition) is 4. The minimum absolute atomic E-state index is 0.299. The van der Waals surface area contributed by atoms with E-state index in [0.29, 0.717) is 11.3 Å². The van der Waals surface area contributed by atoms with E-state index in [9.17, 15) is 4.79 Å². The van der Waals surface area contributed by atoms with Crippen LogP contribution in [0.4, 0.5) is 4.79 Å². The highest BCUT2D eigenvalue weighted by molar-refractivity contribution is 5.64. The first kappa shape index (κ1) is 12.1. The van der Waals surface area contributed by atoms with Gasteiger partial charge in [-0.05, 0) is 39.0 Å². The van der Waals surface area contributed by atoms with Crippen molar-refractivity contribution in [3.63, 3.8) is 0 Å². The van der Waals surface area contributed by atoms with Gasteiger partial charge >= 0.3 is 6.16 Å². The molecule has 1 aromatic carbocycles. The first-order chi connectivity index (χ1) is 7.40. The molecule has 0 N–H and O–H groups in total. The summed E-state index contributed by atoms with van der Waals surface area (Å²) in [7, 11) is 0. The summed E-state index contributed by atoms with van der Waals surface area (Å²) in [6.45, 7) is 5.25. The second-order valence-electron chi connectivity index (χ2n) is 4.21. The highest BCUT2D eigenvalue weighted by atomic mass is 16.7. The van der Waals surface area contributed by atoms with Crippen molar-refractivity contribution in [3.8, 4) is 11.8 Å². The molecule has 0 bridgehead atoms. The Balaban J connectivity index is 2.67. The predicted molar refractivity (Wildman–Crippen MR) is 58.0 cm³/mol. The van der Waals surface area contributed by atoms with Crippen LogP contribution in [-0.2, 0) is 4.74 Å². The molecular weight excluding hydrogens is 206 g/mol. The lowest BCUT2D eigenvalue weighted by Gasteiger charge is -2.18. The maximum Gasteiger partial charge on any atom is 0.514 e. The Morgan fingerprint density at radius 2 is 2.06 bits per heavy atom. The van der Waals surface area contributed by atoms with Crippen LogP contribution in [0.1, 0.15) is 26.3 Å². The zero-order valence-corrected chi connectivity index (χ0v) is 9.48. The molecule has 0 heterocycles. The number of ether oxygens (including phenoxy) is 2. The molecule has 1 rings (SSSR count). The van der Waals surface area contributed by atoms with E-state index in [4.69, 9.17) is 14.7 Å². The molecule has 4 heteroatoms. The van der Waals surface area contributed by atoms with E-state index in [0.717, 1.165) is 0 Å². The lowest BCUT2D eigenvalue weighted by molar-refractivity contribution is 0.0206. The van der Waals surface area contributed by atoms with E-state index in [2.05, 4.69) is 0 Å². The van der Waals surface area contributed by atoms with E-state index in [1.165, 1.54) is 6.07 Å². The number of rotatable bonds is 1. The summed E-state index contributed by atoms with van der Waals surface area (Å²) in [5.41, 5.74) is -0.162. The molecule has 1 aromatic rings.